The van der Waals surface area contributed by atoms with Crippen molar-refractivity contribution >= 4 is 38.9 Å². The van der Waals surface area contributed by atoms with Gasteiger partial charge in [0.2, 0.25) is 0 Å². The van der Waals surface area contributed by atoms with Crippen LogP contribution < -0.4 is 4.90 Å². The SMILES string of the molecule is N#Cc1cccc(-c2cc(-c3ccc(-c4c(C#N)cc(-n5c6ccccc6c6cc(N(c7ccccc7)c7ccccc7)ccc65)cc4C#N)cc3)nc(-c3cccc(C#N)c3)n2)c1. The van der Waals surface area contributed by atoms with Crippen molar-refractivity contribution in [3.8, 4) is 75.0 Å². The normalized spacial score (nSPS) is 10.8. The summed E-state index contributed by atoms with van der Waals surface area (Å²) in [6.45, 7) is 0. The van der Waals surface area contributed by atoms with Crippen LogP contribution in [0.2, 0.25) is 0 Å². The lowest BCUT2D eigenvalue weighted by atomic mass is 9.93. The number of aromatic nitrogens is 3. The van der Waals surface area contributed by atoms with Crippen LogP contribution in [0.5, 0.6) is 0 Å². The second kappa shape index (κ2) is 16.5. The van der Waals surface area contributed by atoms with E-state index in [-0.39, 0.29) is 0 Å². The van der Waals surface area contributed by atoms with Crippen LogP contribution in [-0.2, 0) is 0 Å². The van der Waals surface area contributed by atoms with E-state index in [4.69, 9.17) is 9.97 Å². The fourth-order valence-corrected chi connectivity index (χ4v) is 8.38. The van der Waals surface area contributed by atoms with Gasteiger partial charge in [-0.25, -0.2) is 9.97 Å². The number of nitrogens with zero attached hydrogens (tertiary/aromatic N) is 8. The summed E-state index contributed by atoms with van der Waals surface area (Å²) in [4.78, 5) is 12.0. The maximum atomic E-state index is 10.7. The van der Waals surface area contributed by atoms with Gasteiger partial charge in [0.25, 0.3) is 0 Å². The summed E-state index contributed by atoms with van der Waals surface area (Å²) in [5.74, 6) is 0.427. The number of anilines is 3. The highest BCUT2D eigenvalue weighted by molar-refractivity contribution is 6.11. The van der Waals surface area contributed by atoms with Crippen molar-refractivity contribution in [2.45, 2.75) is 0 Å². The lowest BCUT2D eigenvalue weighted by Gasteiger charge is -2.25. The van der Waals surface area contributed by atoms with Gasteiger partial charge in [0.1, 0.15) is 0 Å². The standard InChI is InChI=1S/C56H32N8/c57-33-37-11-9-13-41(27-37)52-32-51(61-56(62-52)42-14-10-12-38(28-42)34-58)39-21-23-40(24-22-39)55-43(35-59)29-48(30-44(55)36-60)64-53-20-8-7-19-49(53)50-31-47(25-26-54(50)64)63(45-15-3-1-4-16-45)46-17-5-2-6-18-46/h1-32H. The minimum absolute atomic E-state index is 0.366. The van der Waals surface area contributed by atoms with Crippen LogP contribution in [0.4, 0.5) is 17.1 Å². The van der Waals surface area contributed by atoms with Crippen molar-refractivity contribution in [1.82, 2.24) is 14.5 Å². The summed E-state index contributed by atoms with van der Waals surface area (Å²) in [5.41, 5.74) is 12.1. The minimum Gasteiger partial charge on any atom is -0.310 e. The third-order valence-corrected chi connectivity index (χ3v) is 11.3. The zero-order valence-electron chi connectivity index (χ0n) is 34.1. The molecule has 2 aromatic heterocycles. The third-order valence-electron chi connectivity index (χ3n) is 11.3. The number of hydrogen-bond acceptors (Lipinski definition) is 7. The first-order chi connectivity index (χ1) is 31.5. The Hall–Kier alpha value is -9.60. The van der Waals surface area contributed by atoms with Crippen LogP contribution >= 0.6 is 0 Å². The number of rotatable bonds is 8. The fourth-order valence-electron chi connectivity index (χ4n) is 8.38. The molecule has 0 fully saturated rings. The molecular weight excluding hydrogens is 785 g/mol. The van der Waals surface area contributed by atoms with Crippen molar-refractivity contribution in [3.63, 3.8) is 0 Å². The number of benzene rings is 8. The molecule has 0 aliphatic heterocycles. The molecule has 8 heteroatoms. The Labute approximate surface area is 369 Å². The van der Waals surface area contributed by atoms with Crippen LogP contribution in [0.3, 0.4) is 0 Å². The molecule has 10 aromatic rings. The van der Waals surface area contributed by atoms with E-state index < -0.39 is 0 Å². The number of hydrogen-bond donors (Lipinski definition) is 0. The van der Waals surface area contributed by atoms with Crippen LogP contribution in [0.25, 0.3) is 72.5 Å². The highest BCUT2D eigenvalue weighted by Crippen LogP contribution is 2.41. The molecule has 8 nitrogen and oxygen atoms in total. The first kappa shape index (κ1) is 38.6. The van der Waals surface area contributed by atoms with Gasteiger partial charge in [-0.15, -0.1) is 0 Å². The summed E-state index contributed by atoms with van der Waals surface area (Å²) in [6, 6.07) is 72.0. The molecule has 0 radical (unpaired) electrons. The van der Waals surface area contributed by atoms with Gasteiger partial charge in [-0.05, 0) is 96.6 Å². The highest BCUT2D eigenvalue weighted by Gasteiger charge is 2.21. The van der Waals surface area contributed by atoms with Crippen molar-refractivity contribution in [3.05, 3.63) is 216 Å². The summed E-state index contributed by atoms with van der Waals surface area (Å²) < 4.78 is 2.13. The van der Waals surface area contributed by atoms with Gasteiger partial charge in [-0.3, -0.25) is 0 Å². The van der Waals surface area contributed by atoms with Crippen molar-refractivity contribution in [2.24, 2.45) is 0 Å². The summed E-state index contributed by atoms with van der Waals surface area (Å²) in [6.07, 6.45) is 0. The molecule has 0 bridgehead atoms. The van der Waals surface area contributed by atoms with Gasteiger partial charge in [0.15, 0.2) is 5.82 Å². The molecule has 0 amide bonds. The fraction of sp³-hybridized carbons (Fsp3) is 0. The van der Waals surface area contributed by atoms with E-state index in [1.54, 1.807) is 30.3 Å². The molecule has 0 aliphatic carbocycles. The van der Waals surface area contributed by atoms with Gasteiger partial charge in [-0.2, -0.15) is 21.0 Å². The van der Waals surface area contributed by atoms with Gasteiger partial charge < -0.3 is 9.47 Å². The second-order valence-corrected chi connectivity index (χ2v) is 15.1. The molecule has 0 unspecified atom stereocenters. The van der Waals surface area contributed by atoms with E-state index in [9.17, 15) is 21.0 Å². The topological polar surface area (TPSA) is 129 Å². The van der Waals surface area contributed by atoms with Gasteiger partial charge in [0, 0.05) is 55.8 Å². The smallest absolute Gasteiger partial charge is 0.160 e. The zero-order valence-corrected chi connectivity index (χ0v) is 34.1. The summed E-state index contributed by atoms with van der Waals surface area (Å²) in [5, 5.41) is 42.7. The predicted molar refractivity (Wildman–Crippen MR) is 252 cm³/mol. The third kappa shape index (κ3) is 7.02. The van der Waals surface area contributed by atoms with Gasteiger partial charge >= 0.3 is 0 Å². The Bertz CT molecular complexity index is 3450. The van der Waals surface area contributed by atoms with Crippen molar-refractivity contribution in [2.75, 3.05) is 4.90 Å². The van der Waals surface area contributed by atoms with Gasteiger partial charge in [0.05, 0.1) is 69.0 Å². The summed E-state index contributed by atoms with van der Waals surface area (Å²) >= 11 is 0. The monoisotopic (exact) mass is 816 g/mol. The first-order valence-corrected chi connectivity index (χ1v) is 20.5. The largest absolute Gasteiger partial charge is 0.310 e. The zero-order chi connectivity index (χ0) is 43.6. The Morgan fingerprint density at radius 1 is 0.391 bits per heavy atom. The first-order valence-electron chi connectivity index (χ1n) is 20.5. The van der Waals surface area contributed by atoms with Gasteiger partial charge in [-0.1, -0.05) is 103 Å². The Balaban J connectivity index is 1.06. The molecular formula is C56H32N8. The molecule has 0 saturated carbocycles. The van der Waals surface area contributed by atoms with Crippen LogP contribution in [0, 0.1) is 45.3 Å². The number of para-hydroxylation sites is 3. The quantitative estimate of drug-likeness (QED) is 0.149. The number of fused-ring (bicyclic) bond motifs is 3. The van der Waals surface area contributed by atoms with E-state index in [0.717, 1.165) is 50.0 Å². The maximum Gasteiger partial charge on any atom is 0.160 e. The molecule has 0 spiro atoms. The van der Waals surface area contributed by atoms with Crippen molar-refractivity contribution in [1.29, 1.82) is 21.0 Å². The minimum atomic E-state index is 0.366. The average Bonchev–Trinajstić information content (AvgIpc) is 3.70. The lowest BCUT2D eigenvalue weighted by Crippen LogP contribution is -2.09. The van der Waals surface area contributed by atoms with Crippen LogP contribution in [-0.4, -0.2) is 14.5 Å². The number of nitriles is 4. The molecule has 10 rings (SSSR count). The Kier molecular flexibility index (Phi) is 9.92. The van der Waals surface area contributed by atoms with Crippen LogP contribution in [0.15, 0.2) is 194 Å². The van der Waals surface area contributed by atoms with Crippen molar-refractivity contribution < 1.29 is 0 Å². The van der Waals surface area contributed by atoms with E-state index in [2.05, 4.69) is 88.3 Å². The average molecular weight is 817 g/mol. The van der Waals surface area contributed by atoms with E-state index in [1.807, 2.05) is 109 Å². The molecule has 0 atom stereocenters. The molecule has 64 heavy (non-hydrogen) atoms. The summed E-state index contributed by atoms with van der Waals surface area (Å²) in [7, 11) is 0. The molecule has 0 saturated heterocycles. The molecule has 0 N–H and O–H groups in total. The molecule has 0 aliphatic rings. The Morgan fingerprint density at radius 2 is 0.938 bits per heavy atom. The van der Waals surface area contributed by atoms with E-state index in [1.165, 1.54) is 0 Å². The lowest BCUT2D eigenvalue weighted by molar-refractivity contribution is 1.17. The molecule has 8 aromatic carbocycles. The second-order valence-electron chi connectivity index (χ2n) is 15.1. The Morgan fingerprint density at radius 3 is 1.56 bits per heavy atom. The predicted octanol–water partition coefficient (Wildman–Crippen LogP) is 13.2. The van der Waals surface area contributed by atoms with E-state index >= 15 is 0 Å². The highest BCUT2D eigenvalue weighted by atomic mass is 15.1. The molecule has 296 valence electrons. The molecule has 2 heterocycles. The maximum absolute atomic E-state index is 10.7. The van der Waals surface area contributed by atoms with E-state index in [0.29, 0.717) is 61.8 Å². The van der Waals surface area contributed by atoms with Crippen LogP contribution in [0.1, 0.15) is 22.3 Å².